The monoisotopic (exact) mass is 654 g/mol. The first-order chi connectivity index (χ1) is 19.9. The van der Waals surface area contributed by atoms with Crippen LogP contribution in [0.25, 0.3) is 0 Å². The normalized spacial score (nSPS) is 14.9. The summed E-state index contributed by atoms with van der Waals surface area (Å²) in [7, 11) is 0. The first-order valence-corrected chi connectivity index (χ1v) is 13.5. The Morgan fingerprint density at radius 3 is 1.44 bits per heavy atom. The van der Waals surface area contributed by atoms with Gasteiger partial charge in [0.25, 0.3) is 5.91 Å². The van der Waals surface area contributed by atoms with Gasteiger partial charge in [-0.2, -0.15) is 25.3 Å². The first-order valence-electron chi connectivity index (χ1n) is 12.2. The predicted octanol–water partition coefficient (Wildman–Crippen LogP) is -4.70. The molecule has 0 rings (SSSR count). The Bertz CT molecular complexity index is 1120. The molecule has 0 bridgehead atoms. The molecule has 0 aromatic rings. The number of nitrogens with one attached hydrogen (secondary N) is 4. The molecule has 43 heavy (non-hydrogen) atoms. The Kier molecular flexibility index (Phi) is 16.2. The average Bonchev–Trinajstić information content (AvgIpc) is 2.93. The summed E-state index contributed by atoms with van der Waals surface area (Å²) >= 11 is 7.99. The molecule has 0 saturated heterocycles. The molecule has 12 N–H and O–H groups in total. The number of carboxylic acid groups (broad SMARTS) is 4. The lowest BCUT2D eigenvalue weighted by atomic mass is 9.83. The molecule has 0 unspecified atom stereocenters. The van der Waals surface area contributed by atoms with E-state index in [0.29, 0.717) is 0 Å². The molecular formula is C22H34N6O13S2. The van der Waals surface area contributed by atoms with Crippen molar-refractivity contribution in [2.24, 2.45) is 11.5 Å². The second-order valence-electron chi connectivity index (χ2n) is 9.12. The number of rotatable bonds is 21. The summed E-state index contributed by atoms with van der Waals surface area (Å²) in [5.41, 5.74) is 5.64. The van der Waals surface area contributed by atoms with E-state index >= 15 is 0 Å². The minimum absolute atomic E-state index is 0.415. The smallest absolute Gasteiger partial charge is 0.322 e. The number of ketones is 1. The van der Waals surface area contributed by atoms with E-state index in [9.17, 15) is 43.2 Å². The molecule has 0 heterocycles. The molecule has 4 atom stereocenters. The maximum Gasteiger partial charge on any atom is 0.322 e. The predicted molar refractivity (Wildman–Crippen MR) is 150 cm³/mol. The molecule has 0 fully saturated rings. The van der Waals surface area contributed by atoms with Crippen molar-refractivity contribution in [2.75, 3.05) is 24.6 Å². The van der Waals surface area contributed by atoms with E-state index in [-0.39, 0.29) is 0 Å². The first kappa shape index (κ1) is 39.0. The van der Waals surface area contributed by atoms with Gasteiger partial charge in [-0.05, 0) is 12.8 Å². The van der Waals surface area contributed by atoms with Crippen molar-refractivity contribution in [3.05, 3.63) is 0 Å². The highest BCUT2D eigenvalue weighted by molar-refractivity contribution is 7.80. The number of carbonyl (C=O) groups is 9. The number of thiol groups is 2. The molecule has 0 aliphatic rings. The topological polar surface area (TPSA) is 335 Å². The molecule has 0 aromatic carbocycles. The molecule has 0 aromatic heterocycles. The van der Waals surface area contributed by atoms with Gasteiger partial charge in [-0.1, -0.05) is 0 Å². The fraction of sp³-hybridized carbons (Fsp3) is 0.591. The van der Waals surface area contributed by atoms with Gasteiger partial charge in [0.2, 0.25) is 17.7 Å². The molecule has 242 valence electrons. The third-order valence-corrected chi connectivity index (χ3v) is 6.81. The molecule has 0 saturated carbocycles. The number of Topliss-reactive ketones (excluding diaryl/α,β-unsaturated/α-hetero) is 1. The molecule has 19 nitrogen and oxygen atoms in total. The number of hydrogen-bond acceptors (Lipinski definition) is 13. The second kappa shape index (κ2) is 17.9. The van der Waals surface area contributed by atoms with Crippen molar-refractivity contribution < 1.29 is 63.6 Å². The molecule has 21 heteroatoms. The van der Waals surface area contributed by atoms with Crippen molar-refractivity contribution >= 4 is 78.5 Å². The van der Waals surface area contributed by atoms with Crippen molar-refractivity contribution in [1.29, 1.82) is 0 Å². The second-order valence-corrected chi connectivity index (χ2v) is 9.75. The summed E-state index contributed by atoms with van der Waals surface area (Å²) < 4.78 is 0. The SMILES string of the molecule is N[C@@H](CCC(=O)N[C@@](CS)(CC(=O)[C@](CS)(NC(=O)CC[C@H](N)C(=O)O)C(=O)NCC(=O)O)C(=O)NCC(=O)O)C(=O)O. The maximum atomic E-state index is 13.7. The minimum atomic E-state index is -2.71. The zero-order chi connectivity index (χ0) is 33.5. The van der Waals surface area contributed by atoms with Crippen LogP contribution in [0.2, 0.25) is 0 Å². The van der Waals surface area contributed by atoms with E-state index in [1.807, 2.05) is 10.6 Å². The van der Waals surface area contributed by atoms with Crippen LogP contribution >= 0.6 is 25.3 Å². The van der Waals surface area contributed by atoms with E-state index in [1.165, 1.54) is 0 Å². The van der Waals surface area contributed by atoms with Crippen LogP contribution in [0.3, 0.4) is 0 Å². The van der Waals surface area contributed by atoms with Gasteiger partial charge in [0, 0.05) is 30.8 Å². The van der Waals surface area contributed by atoms with E-state index in [1.54, 1.807) is 0 Å². The summed E-state index contributed by atoms with van der Waals surface area (Å²) in [5, 5.41) is 43.9. The van der Waals surface area contributed by atoms with Crippen LogP contribution in [0.15, 0.2) is 0 Å². The summed E-state index contributed by atoms with van der Waals surface area (Å²) in [4.78, 5) is 109. The van der Waals surface area contributed by atoms with Gasteiger partial charge in [0.15, 0.2) is 11.3 Å². The standard InChI is InChI=1S/C22H34N6O13S2/c23-10(17(36)37)1-3-13(30)27-21(8-42,19(40)25-6-15(32)33)5-12(29)22(9-43,20(41)26-7-16(34)35)28-14(31)4-2-11(24)18(38)39/h10-11,42-43H,1-9,23-24H2,(H,25,40)(H,26,41)(H,27,30)(H,28,31)(H,32,33)(H,34,35)(H,36,37)(H,38,39)/t10-,11-,21+,22-/m0/s1. The van der Waals surface area contributed by atoms with Gasteiger partial charge in [-0.25, -0.2) is 0 Å². The van der Waals surface area contributed by atoms with Crippen LogP contribution in [0.5, 0.6) is 0 Å². The zero-order valence-electron chi connectivity index (χ0n) is 22.5. The van der Waals surface area contributed by atoms with Gasteiger partial charge < -0.3 is 53.2 Å². The summed E-state index contributed by atoms with van der Waals surface area (Å²) in [6, 6.07) is -2.97. The third-order valence-electron chi connectivity index (χ3n) is 5.80. The number of carboxylic acids is 4. The van der Waals surface area contributed by atoms with E-state index < -0.39 is 133 Å². The lowest BCUT2D eigenvalue weighted by Gasteiger charge is -2.36. The van der Waals surface area contributed by atoms with Gasteiger partial charge in [-0.15, -0.1) is 0 Å². The Balaban J connectivity index is 6.55. The van der Waals surface area contributed by atoms with Crippen LogP contribution in [-0.4, -0.2) is 121 Å². The van der Waals surface area contributed by atoms with E-state index in [4.69, 9.17) is 31.9 Å². The highest BCUT2D eigenvalue weighted by Crippen LogP contribution is 2.22. The van der Waals surface area contributed by atoms with Crippen molar-refractivity contribution in [3.8, 4) is 0 Å². The number of nitrogens with two attached hydrogens (primary N) is 2. The Labute approximate surface area is 254 Å². The molecule has 0 spiro atoms. The number of carbonyl (C=O) groups excluding carboxylic acids is 5. The Morgan fingerprint density at radius 2 is 1.07 bits per heavy atom. The average molecular weight is 655 g/mol. The van der Waals surface area contributed by atoms with Crippen LogP contribution in [-0.2, 0) is 43.2 Å². The lowest BCUT2D eigenvalue weighted by molar-refractivity contribution is -0.146. The maximum absolute atomic E-state index is 13.7. The molecule has 4 amide bonds. The van der Waals surface area contributed by atoms with Crippen LogP contribution < -0.4 is 32.7 Å². The van der Waals surface area contributed by atoms with Crippen LogP contribution in [0.4, 0.5) is 0 Å². The fourth-order valence-electron chi connectivity index (χ4n) is 3.31. The Morgan fingerprint density at radius 1 is 0.651 bits per heavy atom. The van der Waals surface area contributed by atoms with Crippen molar-refractivity contribution in [3.63, 3.8) is 0 Å². The molecule has 0 radical (unpaired) electrons. The summed E-state index contributed by atoms with van der Waals surface area (Å²) in [6.07, 6.45) is -3.22. The summed E-state index contributed by atoms with van der Waals surface area (Å²) in [6.45, 7) is -2.02. The van der Waals surface area contributed by atoms with Gasteiger partial charge in [-0.3, -0.25) is 43.2 Å². The summed E-state index contributed by atoms with van der Waals surface area (Å²) in [5.74, 6) is -13.6. The van der Waals surface area contributed by atoms with Gasteiger partial charge >= 0.3 is 23.9 Å². The van der Waals surface area contributed by atoms with Gasteiger partial charge in [0.05, 0.1) is 0 Å². The van der Waals surface area contributed by atoms with Crippen LogP contribution in [0, 0.1) is 0 Å². The fourth-order valence-corrected chi connectivity index (χ4v) is 4.04. The molecule has 0 aliphatic carbocycles. The lowest BCUT2D eigenvalue weighted by Crippen LogP contribution is -2.69. The van der Waals surface area contributed by atoms with E-state index in [2.05, 4.69) is 35.9 Å². The highest BCUT2D eigenvalue weighted by atomic mass is 32.1. The van der Waals surface area contributed by atoms with Crippen molar-refractivity contribution in [1.82, 2.24) is 21.3 Å². The zero-order valence-corrected chi connectivity index (χ0v) is 24.3. The number of aliphatic carboxylic acids is 4. The van der Waals surface area contributed by atoms with E-state index in [0.717, 1.165) is 0 Å². The molecule has 0 aliphatic heterocycles. The highest BCUT2D eigenvalue weighted by Gasteiger charge is 2.51. The number of hydrogen-bond donors (Lipinski definition) is 12. The Hall–Kier alpha value is -3.95. The largest absolute Gasteiger partial charge is 0.480 e. The van der Waals surface area contributed by atoms with Crippen LogP contribution in [0.1, 0.15) is 32.1 Å². The van der Waals surface area contributed by atoms with Crippen molar-refractivity contribution in [2.45, 2.75) is 55.3 Å². The number of amides is 4. The third kappa shape index (κ3) is 12.4. The quantitative estimate of drug-likeness (QED) is 0.0408. The van der Waals surface area contributed by atoms with Gasteiger partial charge in [0.1, 0.15) is 30.7 Å². The molecular weight excluding hydrogens is 620 g/mol. The minimum Gasteiger partial charge on any atom is -0.480 e.